The highest BCUT2D eigenvalue weighted by Gasteiger charge is 2.49. The van der Waals surface area contributed by atoms with Crippen LogP contribution in [0.2, 0.25) is 0 Å². The zero-order valence-electron chi connectivity index (χ0n) is 43.8. The first-order valence-electron chi connectivity index (χ1n) is 26.7. The van der Waals surface area contributed by atoms with Crippen molar-refractivity contribution >= 4 is 101 Å². The minimum Gasteiger partial charge on any atom is -0.464 e. The maximum absolute atomic E-state index is 7.44. The van der Waals surface area contributed by atoms with Crippen LogP contribution in [0.4, 0.5) is 34.5 Å². The summed E-state index contributed by atoms with van der Waals surface area (Å²) in [7, 11) is 0. The van der Waals surface area contributed by atoms with Gasteiger partial charge in [0.05, 0.1) is 23.9 Å². The van der Waals surface area contributed by atoms with Crippen molar-refractivity contribution in [3.8, 4) is 44.5 Å². The summed E-state index contributed by atoms with van der Waals surface area (Å²) in [6.45, 7) is 13.4. The van der Waals surface area contributed by atoms with Crippen LogP contribution in [0.1, 0.15) is 52.7 Å². The van der Waals surface area contributed by atoms with Gasteiger partial charge in [-0.2, -0.15) is 0 Å². The Morgan fingerprint density at radius 3 is 1.19 bits per heavy atom. The molecule has 0 spiro atoms. The molecule has 0 fully saturated rings. The monoisotopic (exact) mass is 996 g/mol. The van der Waals surface area contributed by atoms with Crippen LogP contribution in [-0.2, 0) is 10.8 Å². The highest BCUT2D eigenvalue weighted by Crippen LogP contribution is 2.52. The largest absolute Gasteiger partial charge is 0.464 e. The first kappa shape index (κ1) is 45.2. The Balaban J connectivity index is 1.05. The lowest BCUT2D eigenvalue weighted by atomic mass is 9.33. The standard InChI is InChI=1S/C70H53BN2O4/c1-69(2,3)46-30-34-62-52(38-46)64-67(76-62)72(56-32-28-44(36-50(56)42-18-9-7-10-19-42)54-40-74-60-26-15-13-22-48(54)60)58-24-17-25-59-66(58)71(64)65-53-39-47(70(4,5)6)31-35-63(53)77-68(65)73(59)57-33-29-45(37-51(57)43-20-11-8-12-21-43)55-41-75-61-27-16-14-23-49(55)61/h7-41H,1-6H3. The molecule has 13 aromatic rings. The molecular formula is C70H53BN2O4. The first-order chi connectivity index (χ1) is 37.5. The molecule has 0 N–H and O–H groups in total. The summed E-state index contributed by atoms with van der Waals surface area (Å²) in [5, 5.41) is 4.33. The first-order valence-corrected chi connectivity index (χ1v) is 26.7. The molecule has 2 aliphatic heterocycles. The van der Waals surface area contributed by atoms with Gasteiger partial charge in [0, 0.05) is 66.1 Å². The van der Waals surface area contributed by atoms with E-state index in [1.807, 2.05) is 36.8 Å². The Kier molecular flexibility index (Phi) is 9.78. The molecule has 2 aliphatic rings. The Morgan fingerprint density at radius 1 is 0.325 bits per heavy atom. The van der Waals surface area contributed by atoms with Crippen LogP contribution in [-0.4, -0.2) is 6.71 Å². The number of furan rings is 4. The molecule has 0 saturated carbocycles. The zero-order valence-corrected chi connectivity index (χ0v) is 43.8. The molecule has 4 aromatic heterocycles. The summed E-state index contributed by atoms with van der Waals surface area (Å²) in [5.41, 5.74) is 21.7. The maximum Gasteiger partial charge on any atom is 0.262 e. The fraction of sp³-hybridized carbons (Fsp3) is 0.114. The van der Waals surface area contributed by atoms with Gasteiger partial charge in [-0.1, -0.05) is 169 Å². The van der Waals surface area contributed by atoms with Crippen molar-refractivity contribution in [1.29, 1.82) is 0 Å². The summed E-state index contributed by atoms with van der Waals surface area (Å²) >= 11 is 0. The highest BCUT2D eigenvalue weighted by atomic mass is 16.4. The van der Waals surface area contributed by atoms with Gasteiger partial charge < -0.3 is 17.7 Å². The van der Waals surface area contributed by atoms with Crippen LogP contribution in [0, 0.1) is 0 Å². The summed E-state index contributed by atoms with van der Waals surface area (Å²) in [6, 6.07) is 72.0. The second-order valence-corrected chi connectivity index (χ2v) is 22.9. The summed E-state index contributed by atoms with van der Waals surface area (Å²) in [6.07, 6.45) is 3.77. The average Bonchev–Trinajstić information content (AvgIpc) is 4.46. The van der Waals surface area contributed by atoms with Crippen LogP contribution in [0.5, 0.6) is 0 Å². The van der Waals surface area contributed by atoms with Crippen molar-refractivity contribution in [3.05, 3.63) is 224 Å². The lowest BCUT2D eigenvalue weighted by Gasteiger charge is -2.41. The molecule has 7 heteroatoms. The smallest absolute Gasteiger partial charge is 0.262 e. The molecule has 0 aliphatic carbocycles. The molecule has 9 aromatic carbocycles. The number of hydrogen-bond acceptors (Lipinski definition) is 6. The molecule has 6 nitrogen and oxygen atoms in total. The summed E-state index contributed by atoms with van der Waals surface area (Å²) in [4.78, 5) is 4.80. The van der Waals surface area contributed by atoms with E-state index < -0.39 is 0 Å². The van der Waals surface area contributed by atoms with E-state index in [9.17, 15) is 0 Å². The van der Waals surface area contributed by atoms with E-state index in [0.717, 1.165) is 134 Å². The van der Waals surface area contributed by atoms with E-state index in [1.54, 1.807) is 0 Å². The van der Waals surface area contributed by atoms with Crippen molar-refractivity contribution in [3.63, 3.8) is 0 Å². The van der Waals surface area contributed by atoms with Crippen LogP contribution in [0.25, 0.3) is 88.4 Å². The van der Waals surface area contributed by atoms with Gasteiger partial charge in [0.15, 0.2) is 0 Å². The Hall–Kier alpha value is -9.20. The number of anilines is 6. The van der Waals surface area contributed by atoms with E-state index >= 15 is 0 Å². The minimum atomic E-state index is -0.278. The molecule has 0 unspecified atom stereocenters. The topological polar surface area (TPSA) is 59.0 Å². The summed E-state index contributed by atoms with van der Waals surface area (Å²) < 4.78 is 27.2. The third-order valence-electron chi connectivity index (χ3n) is 16.2. The Bertz CT molecular complexity index is 4220. The van der Waals surface area contributed by atoms with Crippen molar-refractivity contribution in [2.24, 2.45) is 0 Å². The van der Waals surface area contributed by atoms with Crippen LogP contribution < -0.4 is 26.2 Å². The molecular weight excluding hydrogens is 944 g/mol. The van der Waals surface area contributed by atoms with Gasteiger partial charge in [0.1, 0.15) is 22.3 Å². The number of benzene rings is 9. The lowest BCUT2D eigenvalue weighted by molar-refractivity contribution is 0.589. The van der Waals surface area contributed by atoms with Crippen LogP contribution in [0.3, 0.4) is 0 Å². The molecule has 0 bridgehead atoms. The Labute approximate surface area is 447 Å². The van der Waals surface area contributed by atoms with Crippen molar-refractivity contribution in [2.45, 2.75) is 52.4 Å². The molecule has 370 valence electrons. The third-order valence-corrected chi connectivity index (χ3v) is 16.2. The fourth-order valence-electron chi connectivity index (χ4n) is 12.3. The molecule has 15 rings (SSSR count). The van der Waals surface area contributed by atoms with Gasteiger partial charge in [-0.3, -0.25) is 9.80 Å². The van der Waals surface area contributed by atoms with E-state index in [2.05, 4.69) is 227 Å². The average molecular weight is 997 g/mol. The lowest BCUT2D eigenvalue weighted by Crippen LogP contribution is -2.60. The van der Waals surface area contributed by atoms with Crippen molar-refractivity contribution < 1.29 is 17.7 Å². The number of fused-ring (bicyclic) bond motifs is 10. The molecule has 0 atom stereocenters. The highest BCUT2D eigenvalue weighted by molar-refractivity contribution is 7.02. The zero-order chi connectivity index (χ0) is 51.9. The SMILES string of the molecule is CC(C)(C)c1ccc2oc3c(c2c1)B1c2c(cccc2N(c2ccc(-c4coc5ccccc45)cc2-c2ccccc2)c2oc4ccc(C(C)(C)C)cc4c21)N3c1ccc(-c2coc3ccccc23)cc1-c1ccccc1. The van der Waals surface area contributed by atoms with Gasteiger partial charge in [-0.05, 0) is 122 Å². The third kappa shape index (κ3) is 6.96. The maximum atomic E-state index is 7.44. The second-order valence-electron chi connectivity index (χ2n) is 22.9. The second kappa shape index (κ2) is 16.7. The van der Waals surface area contributed by atoms with Crippen LogP contribution in [0.15, 0.2) is 230 Å². The quantitative estimate of drug-likeness (QED) is 0.155. The molecule has 0 saturated heterocycles. The molecule has 0 amide bonds. The molecule has 0 radical (unpaired) electrons. The van der Waals surface area contributed by atoms with E-state index in [4.69, 9.17) is 17.7 Å². The number of hydrogen-bond donors (Lipinski definition) is 0. The van der Waals surface area contributed by atoms with E-state index in [1.165, 1.54) is 16.6 Å². The molecule has 77 heavy (non-hydrogen) atoms. The number of para-hydroxylation sites is 2. The number of nitrogens with zero attached hydrogens (tertiary/aromatic N) is 2. The van der Waals surface area contributed by atoms with Gasteiger partial charge in [0.25, 0.3) is 6.71 Å². The van der Waals surface area contributed by atoms with Gasteiger partial charge in [-0.25, -0.2) is 0 Å². The minimum absolute atomic E-state index is 0.120. The molecule has 6 heterocycles. The van der Waals surface area contributed by atoms with Gasteiger partial charge >= 0.3 is 0 Å². The van der Waals surface area contributed by atoms with Gasteiger partial charge in [-0.15, -0.1) is 0 Å². The van der Waals surface area contributed by atoms with Crippen molar-refractivity contribution in [1.82, 2.24) is 0 Å². The van der Waals surface area contributed by atoms with Crippen molar-refractivity contribution in [2.75, 3.05) is 9.80 Å². The Morgan fingerprint density at radius 2 is 0.753 bits per heavy atom. The predicted octanol–water partition coefficient (Wildman–Crippen LogP) is 18.0. The van der Waals surface area contributed by atoms with Gasteiger partial charge in [0.2, 0.25) is 11.8 Å². The van der Waals surface area contributed by atoms with E-state index in [-0.39, 0.29) is 17.5 Å². The normalized spacial score (nSPS) is 13.2. The van der Waals surface area contributed by atoms with Crippen LogP contribution >= 0.6 is 0 Å². The summed E-state index contributed by atoms with van der Waals surface area (Å²) in [5.74, 6) is 1.59. The van der Waals surface area contributed by atoms with E-state index in [0.29, 0.717) is 0 Å². The predicted molar refractivity (Wildman–Crippen MR) is 319 cm³/mol. The number of rotatable bonds is 6. The fourth-order valence-corrected chi connectivity index (χ4v) is 12.3.